The third-order valence-electron chi connectivity index (χ3n) is 9.72. The molecule has 2 unspecified atom stereocenters. The second-order valence-electron chi connectivity index (χ2n) is 12.7. The van der Waals surface area contributed by atoms with Gasteiger partial charge in [-0.3, -0.25) is 0 Å². The van der Waals surface area contributed by atoms with Gasteiger partial charge in [0.2, 0.25) is 0 Å². The number of nitrogens with zero attached hydrogens (tertiary/aromatic N) is 3. The number of allylic oxidation sites excluding steroid dienone is 2. The van der Waals surface area contributed by atoms with Gasteiger partial charge in [-0.05, 0) is 58.7 Å². The van der Waals surface area contributed by atoms with Crippen LogP contribution in [-0.4, -0.2) is 21.1 Å². The molecule has 0 saturated carbocycles. The number of benzene rings is 6. The average Bonchev–Trinajstić information content (AvgIpc) is 3.77. The summed E-state index contributed by atoms with van der Waals surface area (Å²) < 4.78 is 8.77. The fourth-order valence-electron chi connectivity index (χ4n) is 7.36. The van der Waals surface area contributed by atoms with Crippen LogP contribution in [0.3, 0.4) is 0 Å². The van der Waals surface area contributed by atoms with Gasteiger partial charge < -0.3 is 4.74 Å². The first-order valence-corrected chi connectivity index (χ1v) is 17.7. The van der Waals surface area contributed by atoms with Crippen molar-refractivity contribution in [1.82, 2.24) is 15.0 Å². The first-order valence-electron chi connectivity index (χ1n) is 16.8. The molecule has 8 aromatic rings. The van der Waals surface area contributed by atoms with Crippen LogP contribution < -0.4 is 4.74 Å². The van der Waals surface area contributed by atoms with Gasteiger partial charge in [-0.15, -0.1) is 11.3 Å². The highest BCUT2D eigenvalue weighted by Crippen LogP contribution is 2.48. The zero-order chi connectivity index (χ0) is 33.0. The number of hydrogen-bond donors (Lipinski definition) is 0. The lowest BCUT2D eigenvalue weighted by molar-refractivity contribution is 0.271. The Bertz CT molecular complexity index is 2660. The van der Waals surface area contributed by atoms with Crippen molar-refractivity contribution in [2.75, 3.05) is 0 Å². The van der Waals surface area contributed by atoms with E-state index < -0.39 is 0 Å². The summed E-state index contributed by atoms with van der Waals surface area (Å²) in [5, 5.41) is 2.46. The molecule has 1 aliphatic carbocycles. The number of thiophene rings is 1. The van der Waals surface area contributed by atoms with Gasteiger partial charge in [0.1, 0.15) is 11.9 Å². The van der Waals surface area contributed by atoms with Crippen LogP contribution >= 0.6 is 11.3 Å². The zero-order valence-electron chi connectivity index (χ0n) is 26.9. The standard InChI is InChI=1S/C45H29N3OS/c1-2-12-28(13-3-1)29-14-8-16-31(26-29)43-46-44(48-45(47-43)37-22-10-21-35-34-18-5-7-25-40(34)50-42(35)37)32-17-9-15-30(27-32)33-20-11-24-39-41(33)36-19-4-6-23-38(36)49-39/h1-27,39,41H. The lowest BCUT2D eigenvalue weighted by atomic mass is 9.81. The number of hydrogen-bond acceptors (Lipinski definition) is 5. The van der Waals surface area contributed by atoms with Crippen molar-refractivity contribution >= 4 is 37.1 Å². The smallest absolute Gasteiger partial charge is 0.165 e. The maximum absolute atomic E-state index is 6.35. The summed E-state index contributed by atoms with van der Waals surface area (Å²) in [5.41, 5.74) is 8.73. The predicted octanol–water partition coefficient (Wildman–Crippen LogP) is 11.4. The molecule has 5 heteroatoms. The number of ether oxygens (including phenoxy) is 1. The lowest BCUT2D eigenvalue weighted by Crippen LogP contribution is -2.19. The molecule has 0 radical (unpaired) electrons. The molecule has 6 aromatic carbocycles. The second-order valence-corrected chi connectivity index (χ2v) is 13.8. The molecule has 0 spiro atoms. The van der Waals surface area contributed by atoms with Gasteiger partial charge in [0.15, 0.2) is 17.5 Å². The monoisotopic (exact) mass is 659 g/mol. The molecule has 0 bridgehead atoms. The van der Waals surface area contributed by atoms with Crippen LogP contribution in [0.4, 0.5) is 0 Å². The number of fused-ring (bicyclic) bond motifs is 6. The molecule has 2 aliphatic rings. The van der Waals surface area contributed by atoms with E-state index in [1.54, 1.807) is 11.3 Å². The number of para-hydroxylation sites is 1. The second kappa shape index (κ2) is 11.8. The largest absolute Gasteiger partial charge is 0.485 e. The predicted molar refractivity (Wildman–Crippen MR) is 205 cm³/mol. The molecule has 10 rings (SSSR count). The van der Waals surface area contributed by atoms with Gasteiger partial charge >= 0.3 is 0 Å². The molecule has 4 nitrogen and oxygen atoms in total. The Morgan fingerprint density at radius 3 is 2.02 bits per heavy atom. The number of rotatable bonds is 5. The molecular formula is C45H29N3OS. The first-order chi connectivity index (χ1) is 24.8. The summed E-state index contributed by atoms with van der Waals surface area (Å²) in [7, 11) is 0. The van der Waals surface area contributed by atoms with Crippen molar-refractivity contribution in [2.24, 2.45) is 0 Å². The Morgan fingerprint density at radius 1 is 0.520 bits per heavy atom. The minimum atomic E-state index is -0.0230. The Labute approximate surface area is 293 Å². The Hall–Kier alpha value is -6.17. The average molecular weight is 660 g/mol. The van der Waals surface area contributed by atoms with Crippen molar-refractivity contribution < 1.29 is 4.74 Å². The molecular weight excluding hydrogens is 631 g/mol. The summed E-state index contributed by atoms with van der Waals surface area (Å²) in [5.74, 6) is 3.03. The van der Waals surface area contributed by atoms with Crippen molar-refractivity contribution in [3.63, 3.8) is 0 Å². The summed E-state index contributed by atoms with van der Waals surface area (Å²) in [4.78, 5) is 15.6. The van der Waals surface area contributed by atoms with E-state index in [4.69, 9.17) is 19.7 Å². The minimum absolute atomic E-state index is 0.0230. The molecule has 3 heterocycles. The molecule has 0 fully saturated rings. The minimum Gasteiger partial charge on any atom is -0.485 e. The van der Waals surface area contributed by atoms with Gasteiger partial charge in [0.25, 0.3) is 0 Å². The van der Waals surface area contributed by atoms with E-state index in [-0.39, 0.29) is 12.0 Å². The first kappa shape index (κ1) is 28.8. The highest BCUT2D eigenvalue weighted by Gasteiger charge is 2.37. The maximum Gasteiger partial charge on any atom is 0.165 e. The third kappa shape index (κ3) is 4.86. The van der Waals surface area contributed by atoms with Crippen LogP contribution in [-0.2, 0) is 0 Å². The van der Waals surface area contributed by atoms with Gasteiger partial charge in [0, 0.05) is 42.4 Å². The van der Waals surface area contributed by atoms with E-state index in [1.165, 1.54) is 31.3 Å². The molecule has 236 valence electrons. The highest BCUT2D eigenvalue weighted by atomic mass is 32.1. The fraction of sp³-hybridized carbons (Fsp3) is 0.0444. The zero-order valence-corrected chi connectivity index (χ0v) is 27.7. The molecule has 50 heavy (non-hydrogen) atoms. The van der Waals surface area contributed by atoms with E-state index >= 15 is 0 Å². The summed E-state index contributed by atoms with van der Waals surface area (Å²) in [6, 6.07) is 50.9. The van der Waals surface area contributed by atoms with Crippen LogP contribution in [0, 0.1) is 0 Å². The molecule has 0 amide bonds. The summed E-state index contributed by atoms with van der Waals surface area (Å²) in [6.07, 6.45) is 6.46. The Kier molecular flexibility index (Phi) is 6.78. The third-order valence-corrected chi connectivity index (χ3v) is 10.9. The molecule has 0 saturated heterocycles. The fourth-order valence-corrected chi connectivity index (χ4v) is 8.58. The normalized spacial score (nSPS) is 16.2. The Balaban J connectivity index is 1.14. The van der Waals surface area contributed by atoms with E-state index in [0.29, 0.717) is 17.5 Å². The van der Waals surface area contributed by atoms with E-state index in [9.17, 15) is 0 Å². The van der Waals surface area contributed by atoms with E-state index in [0.717, 1.165) is 39.1 Å². The van der Waals surface area contributed by atoms with Crippen LogP contribution in [0.1, 0.15) is 17.0 Å². The summed E-state index contributed by atoms with van der Waals surface area (Å²) in [6.45, 7) is 0. The lowest BCUT2D eigenvalue weighted by Gasteiger charge is -2.23. The maximum atomic E-state index is 6.35. The van der Waals surface area contributed by atoms with Gasteiger partial charge in [-0.1, -0.05) is 127 Å². The van der Waals surface area contributed by atoms with Crippen molar-refractivity contribution in [3.8, 4) is 51.0 Å². The molecule has 0 N–H and O–H groups in total. The van der Waals surface area contributed by atoms with Crippen LogP contribution in [0.15, 0.2) is 164 Å². The highest BCUT2D eigenvalue weighted by molar-refractivity contribution is 7.26. The van der Waals surface area contributed by atoms with Crippen molar-refractivity contribution in [2.45, 2.75) is 12.0 Å². The van der Waals surface area contributed by atoms with E-state index in [1.807, 2.05) is 12.1 Å². The van der Waals surface area contributed by atoms with Gasteiger partial charge in [0.05, 0.1) is 5.92 Å². The van der Waals surface area contributed by atoms with Gasteiger partial charge in [-0.2, -0.15) is 0 Å². The van der Waals surface area contributed by atoms with Crippen LogP contribution in [0.25, 0.3) is 71.0 Å². The van der Waals surface area contributed by atoms with E-state index in [2.05, 4.69) is 152 Å². The number of aromatic nitrogens is 3. The van der Waals surface area contributed by atoms with Crippen LogP contribution in [0.5, 0.6) is 5.75 Å². The molecule has 2 aromatic heterocycles. The molecule has 1 aliphatic heterocycles. The van der Waals surface area contributed by atoms with Gasteiger partial charge in [-0.25, -0.2) is 15.0 Å². The quantitative estimate of drug-likeness (QED) is 0.184. The van der Waals surface area contributed by atoms with Crippen LogP contribution in [0.2, 0.25) is 0 Å². The van der Waals surface area contributed by atoms with Crippen molar-refractivity contribution in [1.29, 1.82) is 0 Å². The topological polar surface area (TPSA) is 47.9 Å². The summed E-state index contributed by atoms with van der Waals surface area (Å²) >= 11 is 1.78. The molecule has 2 atom stereocenters. The van der Waals surface area contributed by atoms with Crippen molar-refractivity contribution in [3.05, 3.63) is 175 Å². The Morgan fingerprint density at radius 2 is 1.16 bits per heavy atom. The SMILES string of the molecule is C1=CC2Oc3ccccc3C2C(c2cccc(-c3nc(-c4cccc(-c5ccccc5)c4)nc(-c4cccc5c4sc4ccccc45)n3)c2)=C1.